The highest BCUT2D eigenvalue weighted by molar-refractivity contribution is 5.98. The zero-order valence-electron chi connectivity index (χ0n) is 18.8. The summed E-state index contributed by atoms with van der Waals surface area (Å²) in [4.78, 5) is 20.9. The van der Waals surface area contributed by atoms with Gasteiger partial charge in [-0.05, 0) is 43.2 Å². The fourth-order valence-electron chi connectivity index (χ4n) is 4.09. The molecule has 0 radical (unpaired) electrons. The van der Waals surface area contributed by atoms with E-state index in [1.54, 1.807) is 23.1 Å². The number of hydrogen-bond acceptors (Lipinski definition) is 8. The molecule has 3 heterocycles. The second-order valence-corrected chi connectivity index (χ2v) is 7.86. The number of hydrogen-bond donors (Lipinski definition) is 0. The number of likely N-dealkylation sites (tertiary alicyclic amines) is 1. The van der Waals surface area contributed by atoms with Gasteiger partial charge >= 0.3 is 6.36 Å². The molecule has 1 aliphatic heterocycles. The molecule has 1 saturated heterocycles. The Hall–Kier alpha value is -4.42. The van der Waals surface area contributed by atoms with E-state index in [4.69, 9.17) is 9.26 Å². The van der Waals surface area contributed by atoms with E-state index in [-0.39, 0.29) is 23.2 Å². The van der Waals surface area contributed by atoms with Crippen molar-refractivity contribution < 1.29 is 32.0 Å². The Labute approximate surface area is 202 Å². The van der Waals surface area contributed by atoms with Crippen LogP contribution in [-0.4, -0.2) is 56.0 Å². The second kappa shape index (κ2) is 9.32. The molecule has 36 heavy (non-hydrogen) atoms. The van der Waals surface area contributed by atoms with Crippen LogP contribution >= 0.6 is 0 Å². The fourth-order valence-corrected chi connectivity index (χ4v) is 4.09. The maximum atomic E-state index is 13.7. The van der Waals surface area contributed by atoms with E-state index in [0.29, 0.717) is 36.4 Å². The van der Waals surface area contributed by atoms with Crippen LogP contribution in [0.1, 0.15) is 35.1 Å². The highest BCUT2D eigenvalue weighted by atomic mass is 19.4. The van der Waals surface area contributed by atoms with Gasteiger partial charge in [0.05, 0.1) is 36.3 Å². The molecule has 1 unspecified atom stereocenters. The number of amides is 1. The summed E-state index contributed by atoms with van der Waals surface area (Å²) in [6, 6.07) is 9.91. The van der Waals surface area contributed by atoms with E-state index in [1.807, 2.05) is 0 Å². The summed E-state index contributed by atoms with van der Waals surface area (Å²) in [5, 5.41) is 12.1. The molecule has 5 rings (SSSR count). The number of methoxy groups -OCH3 is 1. The van der Waals surface area contributed by atoms with E-state index in [0.717, 1.165) is 6.07 Å². The van der Waals surface area contributed by atoms with Crippen molar-refractivity contribution in [3.8, 4) is 28.6 Å². The summed E-state index contributed by atoms with van der Waals surface area (Å²) >= 11 is 0. The van der Waals surface area contributed by atoms with Gasteiger partial charge in [-0.15, -0.1) is 13.2 Å². The lowest BCUT2D eigenvalue weighted by atomic mass is 10.1. The van der Waals surface area contributed by atoms with Crippen LogP contribution in [0.4, 0.5) is 13.2 Å². The van der Waals surface area contributed by atoms with Gasteiger partial charge in [-0.25, -0.2) is 0 Å². The minimum absolute atomic E-state index is 0.0144. The van der Waals surface area contributed by atoms with Crippen molar-refractivity contribution in [2.24, 2.45) is 0 Å². The minimum atomic E-state index is -4.88. The highest BCUT2D eigenvalue weighted by Crippen LogP contribution is 2.37. The van der Waals surface area contributed by atoms with Crippen molar-refractivity contribution in [3.05, 3.63) is 66.3 Å². The molecule has 0 spiro atoms. The Balaban J connectivity index is 1.46. The lowest BCUT2D eigenvalue weighted by Crippen LogP contribution is -2.31. The number of carbonyl (C=O) groups is 1. The topological polar surface area (TPSA) is 108 Å². The first-order valence-electron chi connectivity index (χ1n) is 10.9. The monoisotopic (exact) mass is 500 g/mol. The van der Waals surface area contributed by atoms with Gasteiger partial charge in [0.1, 0.15) is 17.5 Å². The first-order chi connectivity index (χ1) is 17.3. The molecule has 2 aromatic carbocycles. The number of nitrogens with zero attached hydrogens (tertiary/aromatic N) is 6. The van der Waals surface area contributed by atoms with E-state index in [9.17, 15) is 18.0 Å². The minimum Gasteiger partial charge on any atom is -0.497 e. The third-order valence-corrected chi connectivity index (χ3v) is 5.66. The van der Waals surface area contributed by atoms with Crippen molar-refractivity contribution in [3.63, 3.8) is 0 Å². The van der Waals surface area contributed by atoms with Crippen LogP contribution < -0.4 is 9.47 Å². The number of halogens is 3. The van der Waals surface area contributed by atoms with Crippen LogP contribution in [0.5, 0.6) is 11.5 Å². The zero-order valence-corrected chi connectivity index (χ0v) is 18.8. The van der Waals surface area contributed by atoms with Gasteiger partial charge < -0.3 is 18.9 Å². The van der Waals surface area contributed by atoms with E-state index >= 15 is 0 Å². The van der Waals surface area contributed by atoms with Gasteiger partial charge in [0, 0.05) is 6.54 Å². The molecule has 10 nitrogen and oxygen atoms in total. The lowest BCUT2D eigenvalue weighted by Gasteiger charge is -2.23. The fraction of sp³-hybridized carbons (Fsp3) is 0.261. The van der Waals surface area contributed by atoms with Gasteiger partial charge in [-0.3, -0.25) is 4.79 Å². The van der Waals surface area contributed by atoms with Crippen molar-refractivity contribution in [1.29, 1.82) is 0 Å². The molecule has 186 valence electrons. The van der Waals surface area contributed by atoms with Gasteiger partial charge in [0.25, 0.3) is 5.91 Å². The number of rotatable bonds is 6. The SMILES string of the molecule is COc1ccc(-n2nccn2)c(C(=O)N2CCCC2c2nc(-c3ccccc3OC(F)(F)F)no2)c1. The Morgan fingerprint density at radius 3 is 2.67 bits per heavy atom. The van der Waals surface area contributed by atoms with Crippen LogP contribution in [0, 0.1) is 0 Å². The van der Waals surface area contributed by atoms with E-state index in [2.05, 4.69) is 25.1 Å². The van der Waals surface area contributed by atoms with Gasteiger partial charge in [0.15, 0.2) is 0 Å². The summed E-state index contributed by atoms with van der Waals surface area (Å²) in [5.41, 5.74) is 0.780. The molecule has 1 atom stereocenters. The summed E-state index contributed by atoms with van der Waals surface area (Å²) in [6.45, 7) is 0.415. The molecule has 1 amide bonds. The Morgan fingerprint density at radius 1 is 1.14 bits per heavy atom. The summed E-state index contributed by atoms with van der Waals surface area (Å²) in [5.74, 6) is -0.272. The first-order valence-corrected chi connectivity index (χ1v) is 10.9. The maximum Gasteiger partial charge on any atom is 0.573 e. The number of carbonyl (C=O) groups excluding carboxylic acids is 1. The molecule has 0 bridgehead atoms. The van der Waals surface area contributed by atoms with Crippen molar-refractivity contribution in [2.75, 3.05) is 13.7 Å². The van der Waals surface area contributed by atoms with Crippen LogP contribution in [0.15, 0.2) is 59.4 Å². The van der Waals surface area contributed by atoms with Crippen LogP contribution in [-0.2, 0) is 0 Å². The summed E-state index contributed by atoms with van der Waals surface area (Å²) in [6.07, 6.45) is -0.682. The normalized spacial score (nSPS) is 15.8. The molecular weight excluding hydrogens is 481 g/mol. The zero-order chi connectivity index (χ0) is 25.3. The quantitative estimate of drug-likeness (QED) is 0.388. The third-order valence-electron chi connectivity index (χ3n) is 5.66. The average molecular weight is 500 g/mol. The first kappa shape index (κ1) is 23.3. The number of para-hydroxylation sites is 1. The number of aromatic nitrogens is 5. The second-order valence-electron chi connectivity index (χ2n) is 7.86. The van der Waals surface area contributed by atoms with Crippen LogP contribution in [0.2, 0.25) is 0 Å². The summed E-state index contributed by atoms with van der Waals surface area (Å²) in [7, 11) is 1.49. The van der Waals surface area contributed by atoms with Crippen LogP contribution in [0.25, 0.3) is 17.1 Å². The van der Waals surface area contributed by atoms with Crippen molar-refractivity contribution in [1.82, 2.24) is 30.0 Å². The third kappa shape index (κ3) is 4.59. The molecule has 0 saturated carbocycles. The average Bonchev–Trinajstić information content (AvgIpc) is 3.64. The number of benzene rings is 2. The maximum absolute atomic E-state index is 13.7. The van der Waals surface area contributed by atoms with Crippen LogP contribution in [0.3, 0.4) is 0 Å². The Morgan fingerprint density at radius 2 is 1.92 bits per heavy atom. The molecule has 1 fully saturated rings. The summed E-state index contributed by atoms with van der Waals surface area (Å²) < 4.78 is 53.3. The Bertz CT molecular complexity index is 1370. The largest absolute Gasteiger partial charge is 0.573 e. The van der Waals surface area contributed by atoms with Gasteiger partial charge in [-0.1, -0.05) is 17.3 Å². The number of alkyl halides is 3. The molecule has 4 aromatic rings. The predicted octanol–water partition coefficient (Wildman–Crippen LogP) is 4.20. The Kier molecular flexibility index (Phi) is 6.04. The lowest BCUT2D eigenvalue weighted by molar-refractivity contribution is -0.274. The van der Waals surface area contributed by atoms with E-state index in [1.165, 1.54) is 42.5 Å². The molecule has 2 aromatic heterocycles. The van der Waals surface area contributed by atoms with Crippen molar-refractivity contribution >= 4 is 5.91 Å². The molecule has 13 heteroatoms. The van der Waals surface area contributed by atoms with Gasteiger partial charge in [-0.2, -0.15) is 20.0 Å². The smallest absolute Gasteiger partial charge is 0.497 e. The van der Waals surface area contributed by atoms with Crippen molar-refractivity contribution in [2.45, 2.75) is 25.2 Å². The predicted molar refractivity (Wildman–Crippen MR) is 117 cm³/mol. The standard InChI is InChI=1S/C23H19F3N6O4/c1-34-14-8-9-17(32-27-10-11-28-32)16(13-14)22(33)31-12-4-6-18(31)21-29-20(30-36-21)15-5-2-3-7-19(15)35-23(24,25)26/h2-3,5,7-11,13,18H,4,6,12H2,1H3. The molecule has 1 aliphatic rings. The number of ether oxygens (including phenoxy) is 2. The van der Waals surface area contributed by atoms with Gasteiger partial charge in [0.2, 0.25) is 11.7 Å². The molecule has 0 aliphatic carbocycles. The highest BCUT2D eigenvalue weighted by Gasteiger charge is 2.37. The molecular formula is C23H19F3N6O4. The van der Waals surface area contributed by atoms with E-state index < -0.39 is 18.2 Å². The molecule has 0 N–H and O–H groups in total.